The van der Waals surface area contributed by atoms with E-state index >= 15 is 0 Å². The molecule has 0 unspecified atom stereocenters. The van der Waals surface area contributed by atoms with Gasteiger partial charge in [-0.15, -0.1) is 0 Å². The topological polar surface area (TPSA) is 26.2 Å². The van der Waals surface area contributed by atoms with Crippen LogP contribution in [0.3, 0.4) is 0 Å². The molecule has 0 spiro atoms. The number of nitrogens with one attached hydrogen (secondary N) is 1. The van der Waals surface area contributed by atoms with E-state index in [9.17, 15) is 0 Å². The Morgan fingerprint density at radius 2 is 2.00 bits per heavy atom. The fourth-order valence-corrected chi connectivity index (χ4v) is 2.69. The number of hydrogen-bond donors (Lipinski definition) is 1. The van der Waals surface area contributed by atoms with Gasteiger partial charge in [0.15, 0.2) is 0 Å². The molecule has 0 bridgehead atoms. The highest BCUT2D eigenvalue weighted by Gasteiger charge is 2.29. The number of piperidine rings is 1. The van der Waals surface area contributed by atoms with Crippen LogP contribution in [0.5, 0.6) is 5.75 Å². The van der Waals surface area contributed by atoms with Crippen molar-refractivity contribution in [1.29, 1.82) is 0 Å². The Balaban J connectivity index is 1.94. The molecule has 3 nitrogen and oxygen atoms in total. The molecule has 0 atom stereocenters. The second-order valence-corrected chi connectivity index (χ2v) is 5.42. The standard InChI is InChI=1S/C15H20N2O/c1-15(7-9-16-10-8-15)18-14-5-3-4-13-12(14)6-11-17(13)2/h3-6,11,16H,7-10H2,1-2H3. The summed E-state index contributed by atoms with van der Waals surface area (Å²) in [4.78, 5) is 0. The molecule has 2 heterocycles. The monoisotopic (exact) mass is 244 g/mol. The van der Waals surface area contributed by atoms with E-state index in [1.165, 1.54) is 10.9 Å². The number of aryl methyl sites for hydroxylation is 1. The van der Waals surface area contributed by atoms with Crippen LogP contribution < -0.4 is 10.1 Å². The molecular weight excluding hydrogens is 224 g/mol. The van der Waals surface area contributed by atoms with E-state index in [0.717, 1.165) is 31.7 Å². The van der Waals surface area contributed by atoms with Crippen molar-refractivity contribution in [3.05, 3.63) is 30.5 Å². The first-order valence-corrected chi connectivity index (χ1v) is 6.62. The second kappa shape index (κ2) is 4.32. The lowest BCUT2D eigenvalue weighted by atomic mass is 9.94. The van der Waals surface area contributed by atoms with Gasteiger partial charge in [0.2, 0.25) is 0 Å². The van der Waals surface area contributed by atoms with Crippen molar-refractivity contribution in [2.24, 2.45) is 7.05 Å². The predicted molar refractivity (Wildman–Crippen MR) is 74.1 cm³/mol. The third kappa shape index (κ3) is 1.99. The van der Waals surface area contributed by atoms with Crippen LogP contribution in [0, 0.1) is 0 Å². The predicted octanol–water partition coefficient (Wildman–Crippen LogP) is 2.70. The molecule has 1 aliphatic rings. The molecule has 0 aliphatic carbocycles. The summed E-state index contributed by atoms with van der Waals surface area (Å²) in [5.41, 5.74) is 1.19. The minimum absolute atomic E-state index is 0.0324. The van der Waals surface area contributed by atoms with Gasteiger partial charge in [-0.2, -0.15) is 0 Å². The van der Waals surface area contributed by atoms with E-state index in [2.05, 4.69) is 54.3 Å². The normalized spacial score (nSPS) is 19.0. The summed E-state index contributed by atoms with van der Waals surface area (Å²) in [6.07, 6.45) is 4.22. The van der Waals surface area contributed by atoms with Gasteiger partial charge >= 0.3 is 0 Å². The lowest BCUT2D eigenvalue weighted by molar-refractivity contribution is 0.0572. The quantitative estimate of drug-likeness (QED) is 0.879. The highest BCUT2D eigenvalue weighted by molar-refractivity contribution is 5.86. The van der Waals surface area contributed by atoms with E-state index in [1.807, 2.05) is 0 Å². The third-order valence-corrected chi connectivity index (χ3v) is 3.91. The molecule has 1 fully saturated rings. The first-order valence-electron chi connectivity index (χ1n) is 6.62. The Labute approximate surface area is 108 Å². The summed E-state index contributed by atoms with van der Waals surface area (Å²) in [6, 6.07) is 8.42. The van der Waals surface area contributed by atoms with Crippen molar-refractivity contribution >= 4 is 10.9 Å². The maximum atomic E-state index is 6.32. The van der Waals surface area contributed by atoms with E-state index in [1.54, 1.807) is 0 Å². The number of ether oxygens (including phenoxy) is 1. The molecule has 1 saturated heterocycles. The Morgan fingerprint density at radius 1 is 1.22 bits per heavy atom. The first-order chi connectivity index (χ1) is 8.68. The van der Waals surface area contributed by atoms with Crippen molar-refractivity contribution in [3.8, 4) is 5.75 Å². The molecule has 0 saturated carbocycles. The average molecular weight is 244 g/mol. The molecule has 1 N–H and O–H groups in total. The van der Waals surface area contributed by atoms with E-state index in [-0.39, 0.29) is 5.60 Å². The smallest absolute Gasteiger partial charge is 0.129 e. The molecule has 1 aliphatic heterocycles. The van der Waals surface area contributed by atoms with Crippen LogP contribution in [0.15, 0.2) is 30.5 Å². The van der Waals surface area contributed by atoms with Crippen molar-refractivity contribution in [3.63, 3.8) is 0 Å². The maximum absolute atomic E-state index is 6.32. The van der Waals surface area contributed by atoms with Gasteiger partial charge in [-0.3, -0.25) is 0 Å². The molecule has 1 aromatic heterocycles. The Morgan fingerprint density at radius 3 is 2.78 bits per heavy atom. The Bertz CT molecular complexity index is 553. The minimum atomic E-state index is -0.0324. The van der Waals surface area contributed by atoms with Gasteiger partial charge in [0.1, 0.15) is 11.4 Å². The Kier molecular flexibility index (Phi) is 2.78. The van der Waals surface area contributed by atoms with Gasteiger partial charge in [-0.25, -0.2) is 0 Å². The molecule has 3 heteroatoms. The summed E-state index contributed by atoms with van der Waals surface area (Å²) < 4.78 is 8.45. The fraction of sp³-hybridized carbons (Fsp3) is 0.467. The van der Waals surface area contributed by atoms with Crippen LogP contribution in [-0.2, 0) is 7.05 Å². The summed E-state index contributed by atoms with van der Waals surface area (Å²) in [6.45, 7) is 4.30. The van der Waals surface area contributed by atoms with Crippen molar-refractivity contribution < 1.29 is 4.74 Å². The third-order valence-electron chi connectivity index (χ3n) is 3.91. The lowest BCUT2D eigenvalue weighted by Crippen LogP contribution is -2.43. The second-order valence-electron chi connectivity index (χ2n) is 5.42. The van der Waals surface area contributed by atoms with E-state index in [0.29, 0.717) is 0 Å². The average Bonchev–Trinajstić information content (AvgIpc) is 2.73. The maximum Gasteiger partial charge on any atom is 0.129 e. The van der Waals surface area contributed by atoms with Crippen molar-refractivity contribution in [1.82, 2.24) is 9.88 Å². The van der Waals surface area contributed by atoms with Gasteiger partial charge in [-0.1, -0.05) is 6.07 Å². The highest BCUT2D eigenvalue weighted by atomic mass is 16.5. The first kappa shape index (κ1) is 11.6. The van der Waals surface area contributed by atoms with Crippen LogP contribution >= 0.6 is 0 Å². The van der Waals surface area contributed by atoms with E-state index in [4.69, 9.17) is 4.74 Å². The number of aromatic nitrogens is 1. The molecule has 2 aromatic rings. The minimum Gasteiger partial charge on any atom is -0.487 e. The molecule has 96 valence electrons. The molecular formula is C15H20N2O. The van der Waals surface area contributed by atoms with Crippen LogP contribution in [0.4, 0.5) is 0 Å². The summed E-state index contributed by atoms with van der Waals surface area (Å²) in [7, 11) is 2.07. The molecule has 1 aromatic carbocycles. The number of fused-ring (bicyclic) bond motifs is 1. The largest absolute Gasteiger partial charge is 0.487 e. The molecule has 3 rings (SSSR count). The zero-order chi connectivity index (χ0) is 12.6. The molecule has 0 radical (unpaired) electrons. The van der Waals surface area contributed by atoms with E-state index < -0.39 is 0 Å². The van der Waals surface area contributed by atoms with Gasteiger partial charge in [0.05, 0.1) is 5.52 Å². The highest BCUT2D eigenvalue weighted by Crippen LogP contribution is 2.32. The number of hydrogen-bond acceptors (Lipinski definition) is 2. The van der Waals surface area contributed by atoms with Gasteiger partial charge < -0.3 is 14.6 Å². The van der Waals surface area contributed by atoms with Gasteiger partial charge in [0, 0.05) is 18.6 Å². The molecule has 0 amide bonds. The zero-order valence-electron chi connectivity index (χ0n) is 11.1. The number of benzene rings is 1. The lowest BCUT2D eigenvalue weighted by Gasteiger charge is -2.34. The summed E-state index contributed by atoms with van der Waals surface area (Å²) in [5, 5.41) is 4.59. The van der Waals surface area contributed by atoms with Crippen LogP contribution in [0.1, 0.15) is 19.8 Å². The zero-order valence-corrected chi connectivity index (χ0v) is 11.1. The van der Waals surface area contributed by atoms with Crippen molar-refractivity contribution in [2.45, 2.75) is 25.4 Å². The van der Waals surface area contributed by atoms with Crippen LogP contribution in [-0.4, -0.2) is 23.3 Å². The molecule has 18 heavy (non-hydrogen) atoms. The van der Waals surface area contributed by atoms with Gasteiger partial charge in [0.25, 0.3) is 0 Å². The van der Waals surface area contributed by atoms with Gasteiger partial charge in [-0.05, 0) is 51.1 Å². The Hall–Kier alpha value is -1.48. The summed E-state index contributed by atoms with van der Waals surface area (Å²) >= 11 is 0. The number of nitrogens with zero attached hydrogens (tertiary/aromatic N) is 1. The van der Waals surface area contributed by atoms with Crippen LogP contribution in [0.25, 0.3) is 10.9 Å². The summed E-state index contributed by atoms with van der Waals surface area (Å²) in [5.74, 6) is 1.01. The van der Waals surface area contributed by atoms with Crippen molar-refractivity contribution in [2.75, 3.05) is 13.1 Å². The van der Waals surface area contributed by atoms with Crippen LogP contribution in [0.2, 0.25) is 0 Å². The number of rotatable bonds is 2. The SMILES string of the molecule is Cn1ccc2c(OC3(C)CCNCC3)cccc21. The fourth-order valence-electron chi connectivity index (χ4n) is 2.69.